The van der Waals surface area contributed by atoms with Crippen LogP contribution in [-0.4, -0.2) is 29.2 Å². The number of carbonyl (C=O) groups is 1. The van der Waals surface area contributed by atoms with Gasteiger partial charge in [-0.05, 0) is 57.9 Å². The summed E-state index contributed by atoms with van der Waals surface area (Å²) in [7, 11) is 0. The van der Waals surface area contributed by atoms with Crippen molar-refractivity contribution < 1.29 is 9.53 Å². The molecular formula is C17H24ClNO2. The summed E-state index contributed by atoms with van der Waals surface area (Å²) in [6.07, 6.45) is -0.326. The Morgan fingerprint density at radius 2 is 1.81 bits per heavy atom. The Bertz CT molecular complexity index is 501. The van der Waals surface area contributed by atoms with Crippen molar-refractivity contribution in [3.63, 3.8) is 0 Å². The van der Waals surface area contributed by atoms with E-state index in [-0.39, 0.29) is 12.1 Å². The summed E-state index contributed by atoms with van der Waals surface area (Å²) in [4.78, 5) is 13.9. The van der Waals surface area contributed by atoms with Gasteiger partial charge in [0, 0.05) is 17.6 Å². The van der Waals surface area contributed by atoms with Gasteiger partial charge in [-0.15, -0.1) is 0 Å². The average Bonchev–Trinajstić information content (AvgIpc) is 2.33. The molecule has 1 rings (SSSR count). The van der Waals surface area contributed by atoms with E-state index in [0.29, 0.717) is 11.6 Å². The van der Waals surface area contributed by atoms with E-state index < -0.39 is 5.60 Å². The first-order chi connectivity index (χ1) is 9.60. The van der Waals surface area contributed by atoms with Crippen molar-refractivity contribution in [3.8, 4) is 0 Å². The van der Waals surface area contributed by atoms with Crippen LogP contribution in [0.15, 0.2) is 30.8 Å². The van der Waals surface area contributed by atoms with Crippen molar-refractivity contribution in [2.45, 2.75) is 46.3 Å². The fraction of sp³-hybridized carbons (Fsp3) is 0.471. The molecule has 0 aliphatic rings. The Labute approximate surface area is 132 Å². The van der Waals surface area contributed by atoms with Crippen molar-refractivity contribution in [2.24, 2.45) is 0 Å². The number of halogens is 1. The molecule has 0 aromatic heterocycles. The Balaban J connectivity index is 2.81. The topological polar surface area (TPSA) is 29.5 Å². The summed E-state index contributed by atoms with van der Waals surface area (Å²) in [5, 5.41) is 0.680. The zero-order valence-electron chi connectivity index (χ0n) is 13.4. The Kier molecular flexibility index (Phi) is 5.85. The molecule has 1 aromatic carbocycles. The van der Waals surface area contributed by atoms with Gasteiger partial charge in [-0.25, -0.2) is 4.79 Å². The maximum absolute atomic E-state index is 12.3. The molecule has 0 spiro atoms. The SMILES string of the molecule is C=C(CN(C(=O)OC(C)(C)C)C(C)C)c1ccc(Cl)cc1. The van der Waals surface area contributed by atoms with Gasteiger partial charge in [-0.1, -0.05) is 30.3 Å². The average molecular weight is 310 g/mol. The molecular weight excluding hydrogens is 286 g/mol. The molecule has 0 bridgehead atoms. The largest absolute Gasteiger partial charge is 0.444 e. The molecule has 1 aromatic rings. The second-order valence-electron chi connectivity index (χ2n) is 6.31. The highest BCUT2D eigenvalue weighted by Gasteiger charge is 2.24. The first-order valence-corrected chi connectivity index (χ1v) is 7.41. The highest BCUT2D eigenvalue weighted by Crippen LogP contribution is 2.20. The standard InChI is InChI=1S/C17H24ClNO2/c1-12(2)19(16(20)21-17(4,5)6)11-13(3)14-7-9-15(18)10-8-14/h7-10,12H,3,11H2,1-2,4-6H3. The summed E-state index contributed by atoms with van der Waals surface area (Å²) in [6.45, 7) is 14.0. The lowest BCUT2D eigenvalue weighted by Gasteiger charge is -2.30. The highest BCUT2D eigenvalue weighted by molar-refractivity contribution is 6.30. The minimum absolute atomic E-state index is 0.0314. The molecule has 4 heteroatoms. The molecule has 0 aliphatic carbocycles. The van der Waals surface area contributed by atoms with Crippen LogP contribution in [0.25, 0.3) is 5.57 Å². The van der Waals surface area contributed by atoms with E-state index in [4.69, 9.17) is 16.3 Å². The van der Waals surface area contributed by atoms with E-state index in [0.717, 1.165) is 11.1 Å². The number of benzene rings is 1. The molecule has 0 N–H and O–H groups in total. The van der Waals surface area contributed by atoms with Crippen LogP contribution >= 0.6 is 11.6 Å². The summed E-state index contributed by atoms with van der Waals surface area (Å²) < 4.78 is 5.44. The van der Waals surface area contributed by atoms with E-state index in [2.05, 4.69) is 6.58 Å². The van der Waals surface area contributed by atoms with Gasteiger partial charge in [0.05, 0.1) is 0 Å². The molecule has 0 radical (unpaired) electrons. The Hall–Kier alpha value is -1.48. The lowest BCUT2D eigenvalue weighted by atomic mass is 10.1. The van der Waals surface area contributed by atoms with Gasteiger partial charge in [0.25, 0.3) is 0 Å². The van der Waals surface area contributed by atoms with Crippen LogP contribution < -0.4 is 0 Å². The van der Waals surface area contributed by atoms with Crippen molar-refractivity contribution in [1.82, 2.24) is 4.90 Å². The minimum atomic E-state index is -0.508. The van der Waals surface area contributed by atoms with E-state index in [9.17, 15) is 4.79 Å². The first-order valence-electron chi connectivity index (χ1n) is 7.03. The van der Waals surface area contributed by atoms with Crippen LogP contribution in [0, 0.1) is 0 Å². The quantitative estimate of drug-likeness (QED) is 0.783. The summed E-state index contributed by atoms with van der Waals surface area (Å²) in [5.41, 5.74) is 1.31. The fourth-order valence-electron chi connectivity index (χ4n) is 1.76. The van der Waals surface area contributed by atoms with E-state index in [1.165, 1.54) is 0 Å². The number of nitrogens with zero attached hydrogens (tertiary/aromatic N) is 1. The molecule has 21 heavy (non-hydrogen) atoms. The third-order valence-corrected chi connectivity index (χ3v) is 3.12. The molecule has 1 amide bonds. The zero-order valence-corrected chi connectivity index (χ0v) is 14.2. The van der Waals surface area contributed by atoms with Crippen molar-refractivity contribution >= 4 is 23.3 Å². The molecule has 0 unspecified atom stereocenters. The smallest absolute Gasteiger partial charge is 0.410 e. The predicted octanol–water partition coefficient (Wildman–Crippen LogP) is 5.00. The van der Waals surface area contributed by atoms with Gasteiger partial charge < -0.3 is 9.64 Å². The van der Waals surface area contributed by atoms with Crippen LogP contribution in [0.3, 0.4) is 0 Å². The fourth-order valence-corrected chi connectivity index (χ4v) is 1.89. The third-order valence-electron chi connectivity index (χ3n) is 2.87. The van der Waals surface area contributed by atoms with E-state index in [1.807, 2.05) is 58.9 Å². The number of carbonyl (C=O) groups excluding carboxylic acids is 1. The molecule has 0 fully saturated rings. The summed E-state index contributed by atoms with van der Waals surface area (Å²) in [5.74, 6) is 0. The van der Waals surface area contributed by atoms with Crippen LogP contribution in [0.1, 0.15) is 40.2 Å². The van der Waals surface area contributed by atoms with Gasteiger partial charge in [-0.3, -0.25) is 0 Å². The van der Waals surface area contributed by atoms with Crippen molar-refractivity contribution in [2.75, 3.05) is 6.54 Å². The molecule has 0 saturated heterocycles. The molecule has 116 valence electrons. The third kappa shape index (κ3) is 5.80. The van der Waals surface area contributed by atoms with Crippen LogP contribution in [0.4, 0.5) is 4.79 Å². The highest BCUT2D eigenvalue weighted by atomic mass is 35.5. The second kappa shape index (κ2) is 6.99. The molecule has 0 heterocycles. The number of ether oxygens (including phenoxy) is 1. The van der Waals surface area contributed by atoms with Gasteiger partial charge in [0.1, 0.15) is 5.60 Å². The first kappa shape index (κ1) is 17.6. The number of amides is 1. The van der Waals surface area contributed by atoms with E-state index >= 15 is 0 Å². The number of rotatable bonds is 4. The van der Waals surface area contributed by atoms with Crippen LogP contribution in [0.2, 0.25) is 5.02 Å². The molecule has 0 aliphatic heterocycles. The van der Waals surface area contributed by atoms with Crippen LogP contribution in [0.5, 0.6) is 0 Å². The summed E-state index contributed by atoms with van der Waals surface area (Å²) >= 11 is 5.88. The maximum Gasteiger partial charge on any atom is 0.410 e. The molecule has 0 atom stereocenters. The second-order valence-corrected chi connectivity index (χ2v) is 6.75. The van der Waals surface area contributed by atoms with Crippen molar-refractivity contribution in [1.29, 1.82) is 0 Å². The van der Waals surface area contributed by atoms with Gasteiger partial charge >= 0.3 is 6.09 Å². The maximum atomic E-state index is 12.3. The van der Waals surface area contributed by atoms with Gasteiger partial charge in [0.2, 0.25) is 0 Å². The number of hydrogen-bond donors (Lipinski definition) is 0. The normalized spacial score (nSPS) is 11.4. The van der Waals surface area contributed by atoms with Crippen molar-refractivity contribution in [3.05, 3.63) is 41.4 Å². The van der Waals surface area contributed by atoms with Gasteiger partial charge in [0.15, 0.2) is 0 Å². The number of hydrogen-bond acceptors (Lipinski definition) is 2. The van der Waals surface area contributed by atoms with E-state index in [1.54, 1.807) is 4.90 Å². The predicted molar refractivity (Wildman–Crippen MR) is 88.6 cm³/mol. The Morgan fingerprint density at radius 3 is 2.24 bits per heavy atom. The molecule has 3 nitrogen and oxygen atoms in total. The zero-order chi connectivity index (χ0) is 16.2. The summed E-state index contributed by atoms with van der Waals surface area (Å²) in [6, 6.07) is 7.46. The van der Waals surface area contributed by atoms with Gasteiger partial charge in [-0.2, -0.15) is 0 Å². The lowest BCUT2D eigenvalue weighted by molar-refractivity contribution is 0.0221. The van der Waals surface area contributed by atoms with Crippen LogP contribution in [-0.2, 0) is 4.74 Å². The lowest BCUT2D eigenvalue weighted by Crippen LogP contribution is -2.41. The Morgan fingerprint density at radius 1 is 1.29 bits per heavy atom. The monoisotopic (exact) mass is 309 g/mol. The minimum Gasteiger partial charge on any atom is -0.444 e. The molecule has 0 saturated carbocycles.